The van der Waals surface area contributed by atoms with Gasteiger partial charge in [0.05, 0.1) is 20.0 Å². The van der Waals surface area contributed by atoms with Crippen molar-refractivity contribution >= 4 is 23.5 Å². The summed E-state index contributed by atoms with van der Waals surface area (Å²) in [6, 6.07) is 15.4. The number of ether oxygens (including phenoxy) is 1. The van der Waals surface area contributed by atoms with E-state index in [9.17, 15) is 14.4 Å². The van der Waals surface area contributed by atoms with Crippen molar-refractivity contribution in [3.8, 4) is 0 Å². The van der Waals surface area contributed by atoms with Crippen molar-refractivity contribution in [3.05, 3.63) is 82.9 Å². The van der Waals surface area contributed by atoms with E-state index in [-0.39, 0.29) is 23.8 Å². The van der Waals surface area contributed by atoms with E-state index >= 15 is 0 Å². The van der Waals surface area contributed by atoms with Crippen LogP contribution in [-0.2, 0) is 29.0 Å². The number of aryl methyl sites for hydroxylation is 2. The minimum absolute atomic E-state index is 0.0650. The molecule has 1 aromatic heterocycles. The maximum atomic E-state index is 13.8. The standard InChI is InChI=1S/C26H28N4O4/c1-5-18-10-12-20(13-11-18)30-23(31)22-21(24(32)34-4)28-16-29(22)15-26(30,3)25(33)27-14-19-8-6-17(2)7-9-19/h6-13,16H,5,14-15H2,1-4H3,(H,27,33). The molecule has 8 nitrogen and oxygen atoms in total. The molecular formula is C26H28N4O4. The van der Waals surface area contributed by atoms with Crippen LogP contribution >= 0.6 is 0 Å². The van der Waals surface area contributed by atoms with Gasteiger partial charge in [-0.3, -0.25) is 14.5 Å². The lowest BCUT2D eigenvalue weighted by atomic mass is 9.93. The van der Waals surface area contributed by atoms with Gasteiger partial charge in [0.1, 0.15) is 11.2 Å². The lowest BCUT2D eigenvalue weighted by Crippen LogP contribution is -2.64. The van der Waals surface area contributed by atoms with Gasteiger partial charge in [0.2, 0.25) is 5.91 Å². The average Bonchev–Trinajstić information content (AvgIpc) is 3.27. The number of esters is 1. The first-order valence-corrected chi connectivity index (χ1v) is 11.2. The second-order valence-corrected chi connectivity index (χ2v) is 8.66. The molecule has 0 aliphatic carbocycles. The summed E-state index contributed by atoms with van der Waals surface area (Å²) >= 11 is 0. The summed E-state index contributed by atoms with van der Waals surface area (Å²) in [5, 5.41) is 2.98. The normalized spacial score (nSPS) is 17.3. The van der Waals surface area contributed by atoms with Crippen LogP contribution in [0.1, 0.15) is 51.5 Å². The van der Waals surface area contributed by atoms with E-state index in [0.29, 0.717) is 12.2 Å². The lowest BCUT2D eigenvalue weighted by molar-refractivity contribution is -0.126. The fourth-order valence-electron chi connectivity index (χ4n) is 4.24. The largest absolute Gasteiger partial charge is 0.464 e. The van der Waals surface area contributed by atoms with Crippen LogP contribution in [0.25, 0.3) is 0 Å². The molecule has 0 spiro atoms. The summed E-state index contributed by atoms with van der Waals surface area (Å²) in [4.78, 5) is 45.2. The molecule has 1 aliphatic rings. The Labute approximate surface area is 198 Å². The fourth-order valence-corrected chi connectivity index (χ4v) is 4.24. The molecule has 3 aromatic rings. The van der Waals surface area contributed by atoms with Gasteiger partial charge in [0.15, 0.2) is 5.69 Å². The predicted octanol–water partition coefficient (Wildman–Crippen LogP) is 3.28. The van der Waals surface area contributed by atoms with Crippen LogP contribution in [0.15, 0.2) is 54.9 Å². The summed E-state index contributed by atoms with van der Waals surface area (Å²) in [5.74, 6) is -1.49. The number of methoxy groups -OCH3 is 1. The number of anilines is 1. The lowest BCUT2D eigenvalue weighted by Gasteiger charge is -2.43. The van der Waals surface area contributed by atoms with E-state index in [4.69, 9.17) is 4.74 Å². The quantitative estimate of drug-likeness (QED) is 0.570. The number of benzene rings is 2. The molecule has 0 radical (unpaired) electrons. The number of nitrogens with one attached hydrogen (secondary N) is 1. The van der Waals surface area contributed by atoms with Gasteiger partial charge in [-0.15, -0.1) is 0 Å². The van der Waals surface area contributed by atoms with E-state index < -0.39 is 17.4 Å². The zero-order valence-corrected chi connectivity index (χ0v) is 19.8. The third-order valence-corrected chi connectivity index (χ3v) is 6.26. The Morgan fingerprint density at radius 3 is 2.35 bits per heavy atom. The Morgan fingerprint density at radius 2 is 1.74 bits per heavy atom. The Hall–Kier alpha value is -3.94. The van der Waals surface area contributed by atoms with Gasteiger partial charge in [-0.25, -0.2) is 9.78 Å². The number of rotatable bonds is 6. The summed E-state index contributed by atoms with van der Waals surface area (Å²) in [7, 11) is 1.24. The Balaban J connectivity index is 1.73. The number of carbonyl (C=O) groups excluding carboxylic acids is 3. The first-order chi connectivity index (χ1) is 16.3. The molecule has 0 fully saturated rings. The van der Waals surface area contributed by atoms with Crippen LogP contribution < -0.4 is 10.2 Å². The van der Waals surface area contributed by atoms with Crippen LogP contribution in [0.2, 0.25) is 0 Å². The van der Waals surface area contributed by atoms with Gasteiger partial charge in [-0.2, -0.15) is 0 Å². The molecule has 1 aliphatic heterocycles. The molecule has 2 aromatic carbocycles. The number of hydrogen-bond acceptors (Lipinski definition) is 5. The first-order valence-electron chi connectivity index (χ1n) is 11.2. The third kappa shape index (κ3) is 4.07. The highest BCUT2D eigenvalue weighted by Gasteiger charge is 2.49. The van der Waals surface area contributed by atoms with Crippen molar-refractivity contribution in [1.82, 2.24) is 14.9 Å². The molecule has 0 saturated heterocycles. The molecule has 0 saturated carbocycles. The highest BCUT2D eigenvalue weighted by molar-refractivity contribution is 6.15. The summed E-state index contributed by atoms with van der Waals surface area (Å²) in [5.41, 5.74) is 2.56. The van der Waals surface area contributed by atoms with E-state index in [2.05, 4.69) is 10.3 Å². The second kappa shape index (κ2) is 9.13. The molecule has 176 valence electrons. The van der Waals surface area contributed by atoms with E-state index in [1.165, 1.54) is 18.3 Å². The van der Waals surface area contributed by atoms with Gasteiger partial charge < -0.3 is 14.6 Å². The molecule has 2 amide bonds. The van der Waals surface area contributed by atoms with Crippen molar-refractivity contribution in [3.63, 3.8) is 0 Å². The van der Waals surface area contributed by atoms with Crippen molar-refractivity contribution in [2.24, 2.45) is 0 Å². The van der Waals surface area contributed by atoms with Crippen LogP contribution in [0, 0.1) is 6.92 Å². The van der Waals surface area contributed by atoms with E-state index in [1.54, 1.807) is 11.5 Å². The van der Waals surface area contributed by atoms with Crippen molar-refractivity contribution < 1.29 is 19.1 Å². The zero-order chi connectivity index (χ0) is 24.5. The minimum Gasteiger partial charge on any atom is -0.464 e. The molecule has 4 rings (SSSR count). The third-order valence-electron chi connectivity index (χ3n) is 6.26. The van der Waals surface area contributed by atoms with Crippen molar-refractivity contribution in [2.45, 2.75) is 45.8 Å². The van der Waals surface area contributed by atoms with Crippen LogP contribution in [0.4, 0.5) is 5.69 Å². The van der Waals surface area contributed by atoms with Gasteiger partial charge in [-0.1, -0.05) is 48.9 Å². The SMILES string of the molecule is CCc1ccc(N2C(=O)c3c(C(=O)OC)ncn3CC2(C)C(=O)NCc2ccc(C)cc2)cc1. The number of nitrogens with zero attached hydrogens (tertiary/aromatic N) is 3. The van der Waals surface area contributed by atoms with Crippen LogP contribution in [0.3, 0.4) is 0 Å². The average molecular weight is 461 g/mol. The maximum absolute atomic E-state index is 13.8. The van der Waals surface area contributed by atoms with Gasteiger partial charge >= 0.3 is 5.97 Å². The highest BCUT2D eigenvalue weighted by Crippen LogP contribution is 2.34. The molecule has 34 heavy (non-hydrogen) atoms. The molecular weight excluding hydrogens is 432 g/mol. The molecule has 1 N–H and O–H groups in total. The number of fused-ring (bicyclic) bond motifs is 1. The molecule has 0 bridgehead atoms. The van der Waals surface area contributed by atoms with E-state index in [1.807, 2.05) is 62.4 Å². The topological polar surface area (TPSA) is 93.5 Å². The van der Waals surface area contributed by atoms with Crippen LogP contribution in [0.5, 0.6) is 0 Å². The Morgan fingerprint density at radius 1 is 1.09 bits per heavy atom. The molecule has 8 heteroatoms. The second-order valence-electron chi connectivity index (χ2n) is 8.66. The maximum Gasteiger partial charge on any atom is 0.359 e. The number of imidazole rings is 1. The van der Waals surface area contributed by atoms with Crippen LogP contribution in [-0.4, -0.2) is 40.0 Å². The summed E-state index contributed by atoms with van der Waals surface area (Å²) < 4.78 is 6.36. The highest BCUT2D eigenvalue weighted by atomic mass is 16.5. The van der Waals surface area contributed by atoms with Gasteiger partial charge in [-0.05, 0) is 43.5 Å². The number of hydrogen-bond donors (Lipinski definition) is 1. The number of carbonyl (C=O) groups is 3. The smallest absolute Gasteiger partial charge is 0.359 e. The summed E-state index contributed by atoms with van der Waals surface area (Å²) in [6.07, 6.45) is 2.25. The van der Waals surface area contributed by atoms with E-state index in [0.717, 1.165) is 23.1 Å². The van der Waals surface area contributed by atoms with Crippen molar-refractivity contribution in [1.29, 1.82) is 0 Å². The Kier molecular flexibility index (Phi) is 6.24. The summed E-state index contributed by atoms with van der Waals surface area (Å²) in [6.45, 7) is 6.24. The molecule has 1 atom stereocenters. The monoisotopic (exact) mass is 460 g/mol. The van der Waals surface area contributed by atoms with Gasteiger partial charge in [0, 0.05) is 12.2 Å². The molecule has 2 heterocycles. The zero-order valence-electron chi connectivity index (χ0n) is 19.8. The fraction of sp³-hybridized carbons (Fsp3) is 0.308. The van der Waals surface area contributed by atoms with Crippen molar-refractivity contribution in [2.75, 3.05) is 12.0 Å². The minimum atomic E-state index is -1.25. The predicted molar refractivity (Wildman–Crippen MR) is 128 cm³/mol. The number of aromatic nitrogens is 2. The molecule has 1 unspecified atom stereocenters. The first kappa shape index (κ1) is 23.2. The number of amides is 2. The Bertz CT molecular complexity index is 1230. The van der Waals surface area contributed by atoms with Gasteiger partial charge in [0.25, 0.3) is 5.91 Å².